The Morgan fingerprint density at radius 2 is 2.31 bits per heavy atom. The SMILES string of the molecule is C[C@@H](CO)NC(=O)CSC1CCS(=O)(=O)C1. The zero-order valence-corrected chi connectivity index (χ0v) is 10.8. The number of nitrogens with one attached hydrogen (secondary N) is 1. The van der Waals surface area contributed by atoms with Gasteiger partial charge in [-0.05, 0) is 13.3 Å². The molecule has 1 fully saturated rings. The van der Waals surface area contributed by atoms with E-state index in [0.29, 0.717) is 6.42 Å². The van der Waals surface area contributed by atoms with Crippen LogP contribution in [-0.2, 0) is 14.6 Å². The number of thioether (sulfide) groups is 1. The van der Waals surface area contributed by atoms with Gasteiger partial charge in [0.25, 0.3) is 0 Å². The van der Waals surface area contributed by atoms with E-state index in [0.717, 1.165) is 0 Å². The van der Waals surface area contributed by atoms with Crippen molar-refractivity contribution in [1.82, 2.24) is 5.32 Å². The van der Waals surface area contributed by atoms with Crippen molar-refractivity contribution >= 4 is 27.5 Å². The number of rotatable bonds is 5. The maximum absolute atomic E-state index is 11.3. The van der Waals surface area contributed by atoms with Crippen LogP contribution in [0.4, 0.5) is 0 Å². The number of aliphatic hydroxyl groups is 1. The minimum Gasteiger partial charge on any atom is -0.394 e. The average molecular weight is 267 g/mol. The molecule has 1 amide bonds. The lowest BCUT2D eigenvalue weighted by Crippen LogP contribution is -2.36. The summed E-state index contributed by atoms with van der Waals surface area (Å²) in [6.45, 7) is 1.62. The first-order chi connectivity index (χ1) is 7.43. The van der Waals surface area contributed by atoms with Crippen LogP contribution >= 0.6 is 11.8 Å². The predicted octanol–water partition coefficient (Wildman–Crippen LogP) is -0.596. The first-order valence-corrected chi connectivity index (χ1v) is 8.02. The third kappa shape index (κ3) is 4.71. The highest BCUT2D eigenvalue weighted by molar-refractivity contribution is 8.02. The highest BCUT2D eigenvalue weighted by Crippen LogP contribution is 2.23. The van der Waals surface area contributed by atoms with Crippen LogP contribution in [0, 0.1) is 0 Å². The van der Waals surface area contributed by atoms with E-state index in [2.05, 4.69) is 5.32 Å². The summed E-state index contributed by atoms with van der Waals surface area (Å²) in [5.74, 6) is 0.514. The molecular formula is C9H17NO4S2. The summed E-state index contributed by atoms with van der Waals surface area (Å²) in [4.78, 5) is 11.3. The topological polar surface area (TPSA) is 83.5 Å². The lowest BCUT2D eigenvalue weighted by atomic mass is 10.4. The molecular weight excluding hydrogens is 250 g/mol. The lowest BCUT2D eigenvalue weighted by molar-refractivity contribution is -0.119. The zero-order valence-electron chi connectivity index (χ0n) is 9.18. The predicted molar refractivity (Wildman–Crippen MR) is 64.2 cm³/mol. The van der Waals surface area contributed by atoms with Gasteiger partial charge in [-0.25, -0.2) is 8.42 Å². The number of carbonyl (C=O) groups is 1. The zero-order chi connectivity index (χ0) is 12.2. The number of carbonyl (C=O) groups excluding carboxylic acids is 1. The summed E-state index contributed by atoms with van der Waals surface area (Å²) in [5, 5.41) is 11.4. The fraction of sp³-hybridized carbons (Fsp3) is 0.889. The van der Waals surface area contributed by atoms with Crippen LogP contribution in [0.25, 0.3) is 0 Å². The van der Waals surface area contributed by atoms with Gasteiger partial charge < -0.3 is 10.4 Å². The molecule has 0 radical (unpaired) electrons. The molecule has 16 heavy (non-hydrogen) atoms. The van der Waals surface area contributed by atoms with Crippen LogP contribution < -0.4 is 5.32 Å². The van der Waals surface area contributed by atoms with Crippen molar-refractivity contribution in [2.75, 3.05) is 23.9 Å². The van der Waals surface area contributed by atoms with E-state index >= 15 is 0 Å². The van der Waals surface area contributed by atoms with E-state index in [1.807, 2.05) is 0 Å². The molecule has 0 spiro atoms. The molecule has 1 aliphatic rings. The summed E-state index contributed by atoms with van der Waals surface area (Å²) in [6, 6.07) is -0.250. The largest absolute Gasteiger partial charge is 0.394 e. The summed E-state index contributed by atoms with van der Waals surface area (Å²) < 4.78 is 22.3. The third-order valence-corrected chi connectivity index (χ3v) is 5.60. The highest BCUT2D eigenvalue weighted by Gasteiger charge is 2.28. The smallest absolute Gasteiger partial charge is 0.230 e. The summed E-state index contributed by atoms with van der Waals surface area (Å²) in [6.07, 6.45) is 0.635. The number of aliphatic hydroxyl groups excluding tert-OH is 1. The van der Waals surface area contributed by atoms with E-state index < -0.39 is 9.84 Å². The molecule has 0 aliphatic carbocycles. The molecule has 0 aromatic carbocycles. The molecule has 2 atom stereocenters. The standard InChI is InChI=1S/C9H17NO4S2/c1-7(4-11)10-9(12)5-15-8-2-3-16(13,14)6-8/h7-8,11H,2-6H2,1H3,(H,10,12)/t7-,8?/m0/s1. The van der Waals surface area contributed by atoms with Gasteiger partial charge in [0.1, 0.15) is 0 Å². The Morgan fingerprint density at radius 1 is 1.62 bits per heavy atom. The average Bonchev–Trinajstić information content (AvgIpc) is 2.55. The second-order valence-electron chi connectivity index (χ2n) is 3.99. The van der Waals surface area contributed by atoms with Crippen LogP contribution in [0.15, 0.2) is 0 Å². The Bertz CT molecular complexity index is 341. The molecule has 2 N–H and O–H groups in total. The van der Waals surface area contributed by atoms with Crippen LogP contribution in [0.1, 0.15) is 13.3 Å². The number of hydrogen-bond donors (Lipinski definition) is 2. The van der Waals surface area contributed by atoms with Crippen molar-refractivity contribution in [2.45, 2.75) is 24.6 Å². The molecule has 0 bridgehead atoms. The van der Waals surface area contributed by atoms with Gasteiger partial charge in [0.05, 0.1) is 23.9 Å². The molecule has 0 saturated carbocycles. The Balaban J connectivity index is 2.23. The van der Waals surface area contributed by atoms with E-state index in [1.165, 1.54) is 11.8 Å². The van der Waals surface area contributed by atoms with Gasteiger partial charge in [-0.2, -0.15) is 0 Å². The molecule has 0 aromatic heterocycles. The number of hydrogen-bond acceptors (Lipinski definition) is 5. The molecule has 1 saturated heterocycles. The Kier molecular flexibility index (Phi) is 5.07. The molecule has 1 rings (SSSR count). The van der Waals surface area contributed by atoms with Gasteiger partial charge in [0.15, 0.2) is 9.84 Å². The van der Waals surface area contributed by atoms with Crippen LogP contribution in [-0.4, -0.2) is 54.6 Å². The third-order valence-electron chi connectivity index (χ3n) is 2.32. The Morgan fingerprint density at radius 3 is 2.81 bits per heavy atom. The quantitative estimate of drug-likeness (QED) is 0.695. The van der Waals surface area contributed by atoms with E-state index in [1.54, 1.807) is 6.92 Å². The number of sulfone groups is 1. The van der Waals surface area contributed by atoms with Gasteiger partial charge in [-0.15, -0.1) is 11.8 Å². The second-order valence-corrected chi connectivity index (χ2v) is 7.50. The second kappa shape index (κ2) is 5.88. The van der Waals surface area contributed by atoms with Gasteiger partial charge >= 0.3 is 0 Å². The molecule has 1 aliphatic heterocycles. The molecule has 0 aromatic rings. The molecule has 1 heterocycles. The number of amides is 1. The van der Waals surface area contributed by atoms with Crippen LogP contribution in [0.2, 0.25) is 0 Å². The van der Waals surface area contributed by atoms with E-state index in [-0.39, 0.29) is 41.1 Å². The van der Waals surface area contributed by atoms with Crippen molar-refractivity contribution in [3.63, 3.8) is 0 Å². The van der Waals surface area contributed by atoms with Crippen molar-refractivity contribution in [2.24, 2.45) is 0 Å². The molecule has 94 valence electrons. The summed E-state index contributed by atoms with van der Waals surface area (Å²) in [5.41, 5.74) is 0. The first kappa shape index (κ1) is 13.8. The monoisotopic (exact) mass is 267 g/mol. The van der Waals surface area contributed by atoms with E-state index in [4.69, 9.17) is 5.11 Å². The minimum atomic E-state index is -2.86. The minimum absolute atomic E-state index is 0.0418. The van der Waals surface area contributed by atoms with Crippen molar-refractivity contribution in [1.29, 1.82) is 0 Å². The normalized spacial score (nSPS) is 25.2. The summed E-state index contributed by atoms with van der Waals surface area (Å²) >= 11 is 1.37. The van der Waals surface area contributed by atoms with Gasteiger partial charge in [0.2, 0.25) is 5.91 Å². The van der Waals surface area contributed by atoms with Crippen molar-refractivity contribution < 1.29 is 18.3 Å². The molecule has 5 nitrogen and oxygen atoms in total. The van der Waals surface area contributed by atoms with Crippen molar-refractivity contribution in [3.8, 4) is 0 Å². The Labute approximate surface area is 99.9 Å². The fourth-order valence-corrected chi connectivity index (χ4v) is 4.90. The van der Waals surface area contributed by atoms with Gasteiger partial charge in [-0.3, -0.25) is 4.79 Å². The van der Waals surface area contributed by atoms with Crippen molar-refractivity contribution in [3.05, 3.63) is 0 Å². The van der Waals surface area contributed by atoms with E-state index in [9.17, 15) is 13.2 Å². The molecule has 1 unspecified atom stereocenters. The maximum atomic E-state index is 11.3. The highest BCUT2D eigenvalue weighted by atomic mass is 32.2. The molecule has 7 heteroatoms. The van der Waals surface area contributed by atoms with Gasteiger partial charge in [0, 0.05) is 11.3 Å². The van der Waals surface area contributed by atoms with Gasteiger partial charge in [-0.1, -0.05) is 0 Å². The maximum Gasteiger partial charge on any atom is 0.230 e. The Hall–Kier alpha value is -0.270. The fourth-order valence-electron chi connectivity index (χ4n) is 1.45. The van der Waals surface area contributed by atoms with Crippen LogP contribution in [0.5, 0.6) is 0 Å². The summed E-state index contributed by atoms with van der Waals surface area (Å²) in [7, 11) is -2.86. The lowest BCUT2D eigenvalue weighted by Gasteiger charge is -2.11. The first-order valence-electron chi connectivity index (χ1n) is 5.15. The van der Waals surface area contributed by atoms with Crippen LogP contribution in [0.3, 0.4) is 0 Å².